The normalized spacial score (nSPS) is 19.8. The summed E-state index contributed by atoms with van der Waals surface area (Å²) in [5.41, 5.74) is 6.56. The summed E-state index contributed by atoms with van der Waals surface area (Å²) in [4.78, 5) is 21.8. The summed E-state index contributed by atoms with van der Waals surface area (Å²) in [6.45, 7) is 4.40. The molecule has 1 aromatic rings. The molecule has 1 unspecified atom stereocenters. The van der Waals surface area contributed by atoms with Crippen LogP contribution in [-0.4, -0.2) is 40.4 Å². The molecule has 0 aromatic carbocycles. The summed E-state index contributed by atoms with van der Waals surface area (Å²) in [6.07, 6.45) is 0.789. The quantitative estimate of drug-likeness (QED) is 0.771. The van der Waals surface area contributed by atoms with Crippen LogP contribution in [0.4, 0.5) is 11.6 Å². The number of anilines is 2. The van der Waals surface area contributed by atoms with Gasteiger partial charge in [0, 0.05) is 19.2 Å². The van der Waals surface area contributed by atoms with E-state index in [0.29, 0.717) is 17.5 Å². The van der Waals surface area contributed by atoms with Gasteiger partial charge in [0.2, 0.25) is 5.91 Å². The van der Waals surface area contributed by atoms with E-state index < -0.39 is 0 Å². The smallest absolute Gasteiger partial charge is 0.244 e. The first-order chi connectivity index (χ1) is 7.99. The minimum Gasteiger partial charge on any atom is -0.383 e. The molecule has 3 N–H and O–H groups in total. The third-order valence-electron chi connectivity index (χ3n) is 3.03. The molecule has 0 spiro atoms. The molecular weight excluding hydrogens is 218 g/mol. The first-order valence-corrected chi connectivity index (χ1v) is 5.61. The molecule has 92 valence electrons. The first kappa shape index (κ1) is 11.6. The van der Waals surface area contributed by atoms with E-state index >= 15 is 0 Å². The molecule has 6 nitrogen and oxygen atoms in total. The Kier molecular flexibility index (Phi) is 2.87. The third-order valence-corrected chi connectivity index (χ3v) is 3.03. The fourth-order valence-corrected chi connectivity index (χ4v) is 1.91. The molecule has 1 saturated heterocycles. The summed E-state index contributed by atoms with van der Waals surface area (Å²) in [5, 5.41) is 3.15. The van der Waals surface area contributed by atoms with Gasteiger partial charge in [-0.2, -0.15) is 0 Å². The van der Waals surface area contributed by atoms with E-state index in [2.05, 4.69) is 15.3 Å². The van der Waals surface area contributed by atoms with E-state index in [4.69, 9.17) is 5.73 Å². The van der Waals surface area contributed by atoms with Crippen LogP contribution in [0.3, 0.4) is 0 Å². The largest absolute Gasteiger partial charge is 0.383 e. The Morgan fingerprint density at radius 3 is 2.71 bits per heavy atom. The number of hydrogen-bond acceptors (Lipinski definition) is 5. The van der Waals surface area contributed by atoms with Gasteiger partial charge in [0.05, 0.1) is 0 Å². The minimum atomic E-state index is -0.201. The van der Waals surface area contributed by atoms with Gasteiger partial charge >= 0.3 is 0 Å². The van der Waals surface area contributed by atoms with E-state index in [1.165, 1.54) is 0 Å². The molecular formula is C11H17N5O. The van der Waals surface area contributed by atoms with Gasteiger partial charge in [-0.05, 0) is 20.3 Å². The number of amides is 1. The SMILES string of the molecule is Cc1nc(N)c(C)c(NC2CCN(C)C2=O)n1. The van der Waals surface area contributed by atoms with Crippen molar-refractivity contribution in [1.82, 2.24) is 14.9 Å². The van der Waals surface area contributed by atoms with E-state index in [1.54, 1.807) is 18.9 Å². The number of carbonyl (C=O) groups is 1. The number of nitrogens with one attached hydrogen (secondary N) is 1. The lowest BCUT2D eigenvalue weighted by atomic mass is 10.2. The van der Waals surface area contributed by atoms with Crippen LogP contribution >= 0.6 is 0 Å². The average Bonchev–Trinajstić information content (AvgIpc) is 2.57. The van der Waals surface area contributed by atoms with Gasteiger partial charge in [-0.15, -0.1) is 0 Å². The lowest BCUT2D eigenvalue weighted by Gasteiger charge is -2.15. The Hall–Kier alpha value is -1.85. The van der Waals surface area contributed by atoms with Crippen molar-refractivity contribution in [2.75, 3.05) is 24.6 Å². The van der Waals surface area contributed by atoms with Crippen LogP contribution in [0.2, 0.25) is 0 Å². The number of nitrogens with two attached hydrogens (primary N) is 1. The van der Waals surface area contributed by atoms with Crippen molar-refractivity contribution in [3.8, 4) is 0 Å². The number of likely N-dealkylation sites (tertiary alicyclic amines) is 1. The van der Waals surface area contributed by atoms with Crippen LogP contribution in [0.25, 0.3) is 0 Å². The van der Waals surface area contributed by atoms with Gasteiger partial charge in [0.15, 0.2) is 0 Å². The van der Waals surface area contributed by atoms with Crippen molar-refractivity contribution in [3.63, 3.8) is 0 Å². The predicted octanol–water partition coefficient (Wildman–Crippen LogP) is 0.318. The van der Waals surface area contributed by atoms with E-state index in [9.17, 15) is 4.79 Å². The van der Waals surface area contributed by atoms with Crippen LogP contribution in [-0.2, 0) is 4.79 Å². The molecule has 6 heteroatoms. The van der Waals surface area contributed by atoms with Crippen molar-refractivity contribution < 1.29 is 4.79 Å². The second-order valence-corrected chi connectivity index (χ2v) is 4.38. The molecule has 2 heterocycles. The van der Waals surface area contributed by atoms with Crippen LogP contribution in [0.15, 0.2) is 0 Å². The van der Waals surface area contributed by atoms with Gasteiger partial charge in [-0.25, -0.2) is 9.97 Å². The number of likely N-dealkylation sites (N-methyl/N-ethyl adjacent to an activating group) is 1. The van der Waals surface area contributed by atoms with Crippen molar-refractivity contribution in [2.45, 2.75) is 26.3 Å². The number of aryl methyl sites for hydroxylation is 1. The Balaban J connectivity index is 2.22. The van der Waals surface area contributed by atoms with Gasteiger partial charge in [0.1, 0.15) is 23.5 Å². The summed E-state index contributed by atoms with van der Waals surface area (Å²) >= 11 is 0. The zero-order valence-corrected chi connectivity index (χ0v) is 10.3. The molecule has 1 fully saturated rings. The second kappa shape index (κ2) is 4.20. The van der Waals surface area contributed by atoms with Crippen LogP contribution in [0, 0.1) is 13.8 Å². The summed E-state index contributed by atoms with van der Waals surface area (Å²) in [6, 6.07) is -0.201. The zero-order valence-electron chi connectivity index (χ0n) is 10.3. The molecule has 1 aromatic heterocycles. The van der Waals surface area contributed by atoms with Gasteiger partial charge in [-0.1, -0.05) is 0 Å². The molecule has 1 aliphatic heterocycles. The molecule has 0 bridgehead atoms. The van der Waals surface area contributed by atoms with E-state index in [-0.39, 0.29) is 11.9 Å². The lowest BCUT2D eigenvalue weighted by Crippen LogP contribution is -2.31. The highest BCUT2D eigenvalue weighted by atomic mass is 16.2. The summed E-state index contributed by atoms with van der Waals surface area (Å²) in [5.74, 6) is 1.82. The van der Waals surface area contributed by atoms with Crippen LogP contribution in [0.1, 0.15) is 17.8 Å². The Bertz CT molecular complexity index is 459. The van der Waals surface area contributed by atoms with Crippen molar-refractivity contribution >= 4 is 17.5 Å². The fourth-order valence-electron chi connectivity index (χ4n) is 1.91. The molecule has 0 aliphatic carbocycles. The standard InChI is InChI=1S/C11H17N5O/c1-6-9(12)13-7(2)14-10(6)15-8-4-5-16(3)11(8)17/h8H,4-5H2,1-3H3,(H3,12,13,14,15). The maximum atomic E-state index is 11.8. The number of nitrogens with zero attached hydrogens (tertiary/aromatic N) is 3. The van der Waals surface area contributed by atoms with E-state index in [1.807, 2.05) is 6.92 Å². The Labute approximate surface area is 100 Å². The van der Waals surface area contributed by atoms with Crippen LogP contribution in [0.5, 0.6) is 0 Å². The number of nitrogen functional groups attached to an aromatic ring is 1. The third kappa shape index (κ3) is 2.15. The van der Waals surface area contributed by atoms with Crippen molar-refractivity contribution in [2.24, 2.45) is 0 Å². The lowest BCUT2D eigenvalue weighted by molar-refractivity contribution is -0.127. The molecule has 1 aliphatic rings. The highest BCUT2D eigenvalue weighted by Gasteiger charge is 2.29. The topological polar surface area (TPSA) is 84.1 Å². The maximum Gasteiger partial charge on any atom is 0.244 e. The number of rotatable bonds is 2. The highest BCUT2D eigenvalue weighted by Crippen LogP contribution is 2.20. The maximum absolute atomic E-state index is 11.8. The molecule has 1 amide bonds. The molecule has 17 heavy (non-hydrogen) atoms. The molecule has 1 atom stereocenters. The molecule has 0 radical (unpaired) electrons. The first-order valence-electron chi connectivity index (χ1n) is 5.61. The van der Waals surface area contributed by atoms with Gasteiger partial charge < -0.3 is 16.0 Å². The minimum absolute atomic E-state index is 0.0965. The average molecular weight is 235 g/mol. The van der Waals surface area contributed by atoms with Crippen LogP contribution < -0.4 is 11.1 Å². The van der Waals surface area contributed by atoms with Gasteiger partial charge in [-0.3, -0.25) is 4.79 Å². The Morgan fingerprint density at radius 1 is 1.41 bits per heavy atom. The summed E-state index contributed by atoms with van der Waals surface area (Å²) in [7, 11) is 1.80. The molecule has 0 saturated carbocycles. The van der Waals surface area contributed by atoms with Gasteiger partial charge in [0.25, 0.3) is 0 Å². The second-order valence-electron chi connectivity index (χ2n) is 4.38. The number of hydrogen-bond donors (Lipinski definition) is 2. The number of aromatic nitrogens is 2. The van der Waals surface area contributed by atoms with Crippen molar-refractivity contribution in [1.29, 1.82) is 0 Å². The highest BCUT2D eigenvalue weighted by molar-refractivity contribution is 5.86. The van der Waals surface area contributed by atoms with E-state index in [0.717, 1.165) is 18.5 Å². The zero-order chi connectivity index (χ0) is 12.6. The summed E-state index contributed by atoms with van der Waals surface area (Å²) < 4.78 is 0. The fraction of sp³-hybridized carbons (Fsp3) is 0.545. The molecule has 2 rings (SSSR count). The predicted molar refractivity (Wildman–Crippen MR) is 65.6 cm³/mol. The monoisotopic (exact) mass is 235 g/mol. The van der Waals surface area contributed by atoms with Crippen molar-refractivity contribution in [3.05, 3.63) is 11.4 Å². The Morgan fingerprint density at radius 2 is 2.12 bits per heavy atom. The number of carbonyl (C=O) groups excluding carboxylic acids is 1.